The molecule has 4 rings (SSSR count). The van der Waals surface area contributed by atoms with Crippen LogP contribution in [0.25, 0.3) is 10.6 Å². The van der Waals surface area contributed by atoms with Gasteiger partial charge in [-0.3, -0.25) is 0 Å². The number of aromatic nitrogens is 1. The highest BCUT2D eigenvalue weighted by atomic mass is 32.2. The van der Waals surface area contributed by atoms with E-state index in [9.17, 15) is 8.42 Å². The molecule has 1 aliphatic carbocycles. The van der Waals surface area contributed by atoms with Gasteiger partial charge in [-0.1, -0.05) is 11.6 Å². The lowest BCUT2D eigenvalue weighted by atomic mass is 9.85. The summed E-state index contributed by atoms with van der Waals surface area (Å²) in [4.78, 5) is 4.41. The molecule has 2 aromatic heterocycles. The Balaban J connectivity index is 1.47. The lowest BCUT2D eigenvalue weighted by molar-refractivity contribution is 0.135. The molecule has 0 atom stereocenters. The number of hydrogen-bond acceptors (Lipinski definition) is 6. The van der Waals surface area contributed by atoms with Gasteiger partial charge >= 0.3 is 0 Å². The van der Waals surface area contributed by atoms with Gasteiger partial charge in [0.2, 0.25) is 10.0 Å². The number of thiophene rings is 1. The maximum Gasteiger partial charge on any atom is 0.244 e. The van der Waals surface area contributed by atoms with E-state index in [1.165, 1.54) is 30.6 Å². The van der Waals surface area contributed by atoms with Crippen LogP contribution in [0.3, 0.4) is 0 Å². The Hall–Kier alpha value is -1.22. The average molecular weight is 382 g/mol. The van der Waals surface area contributed by atoms with Gasteiger partial charge in [-0.15, -0.1) is 11.3 Å². The van der Waals surface area contributed by atoms with Gasteiger partial charge in [-0.2, -0.15) is 4.31 Å². The molecule has 0 unspecified atom stereocenters. The average Bonchev–Trinajstić information content (AvgIpc) is 3.21. The molecule has 3 heterocycles. The Morgan fingerprint density at radius 3 is 2.64 bits per heavy atom. The highest BCUT2D eigenvalue weighted by Gasteiger charge is 2.32. The summed E-state index contributed by atoms with van der Waals surface area (Å²) >= 11 is 1.43. The largest absolute Gasteiger partial charge is 0.355 e. The molecule has 0 bridgehead atoms. The molecule has 1 saturated heterocycles. The molecule has 2 aromatic rings. The highest BCUT2D eigenvalue weighted by Crippen LogP contribution is 2.35. The first-order chi connectivity index (χ1) is 12.0. The molecule has 1 saturated carbocycles. The van der Waals surface area contributed by atoms with Gasteiger partial charge in [0.05, 0.1) is 16.0 Å². The van der Waals surface area contributed by atoms with Crippen LogP contribution in [0.4, 0.5) is 0 Å². The fraction of sp³-hybridized carbons (Fsp3) is 0.588. The van der Waals surface area contributed by atoms with Crippen molar-refractivity contribution in [1.29, 1.82) is 0 Å². The number of nitrogens with zero attached hydrogens (tertiary/aromatic N) is 3. The van der Waals surface area contributed by atoms with E-state index in [1.54, 1.807) is 22.6 Å². The fourth-order valence-corrected chi connectivity index (χ4v) is 6.46. The van der Waals surface area contributed by atoms with E-state index in [2.05, 4.69) is 10.1 Å². The molecular formula is C17H23N3O3S2. The van der Waals surface area contributed by atoms with Crippen molar-refractivity contribution in [2.24, 2.45) is 5.92 Å². The third-order valence-electron chi connectivity index (χ3n) is 5.24. The summed E-state index contributed by atoms with van der Waals surface area (Å²) in [6, 6.07) is 3.47. The second-order valence-electron chi connectivity index (χ2n) is 6.91. The van der Waals surface area contributed by atoms with E-state index >= 15 is 0 Å². The first-order valence-electron chi connectivity index (χ1n) is 8.78. The zero-order valence-corrected chi connectivity index (χ0v) is 16.0. The number of piperazine rings is 1. The molecule has 0 N–H and O–H groups in total. The molecule has 2 aliphatic rings. The van der Waals surface area contributed by atoms with E-state index in [4.69, 9.17) is 4.52 Å². The summed E-state index contributed by atoms with van der Waals surface area (Å²) < 4.78 is 32.9. The molecule has 25 heavy (non-hydrogen) atoms. The van der Waals surface area contributed by atoms with Crippen molar-refractivity contribution >= 4 is 21.4 Å². The van der Waals surface area contributed by atoms with Crippen LogP contribution in [0.15, 0.2) is 27.7 Å². The Bertz CT molecular complexity index is 817. The topological polar surface area (TPSA) is 66.7 Å². The van der Waals surface area contributed by atoms with Crippen molar-refractivity contribution in [3.05, 3.63) is 23.2 Å². The maximum absolute atomic E-state index is 13.1. The van der Waals surface area contributed by atoms with Crippen LogP contribution in [0.5, 0.6) is 0 Å². The van der Waals surface area contributed by atoms with Crippen LogP contribution in [-0.4, -0.2) is 55.5 Å². The number of rotatable bonds is 5. The lowest BCUT2D eigenvalue weighted by Gasteiger charge is -2.37. The first-order valence-corrected chi connectivity index (χ1v) is 11.0. The summed E-state index contributed by atoms with van der Waals surface area (Å²) in [7, 11) is -3.45. The van der Waals surface area contributed by atoms with Gasteiger partial charge in [0.1, 0.15) is 0 Å². The van der Waals surface area contributed by atoms with Gasteiger partial charge in [0.15, 0.2) is 5.76 Å². The van der Waals surface area contributed by atoms with Crippen molar-refractivity contribution < 1.29 is 12.9 Å². The summed E-state index contributed by atoms with van der Waals surface area (Å²) in [6.45, 7) is 5.77. The number of aryl methyl sites for hydroxylation is 1. The first kappa shape index (κ1) is 17.2. The summed E-state index contributed by atoms with van der Waals surface area (Å²) in [5.74, 6) is 1.44. The standard InChI is InChI=1S/C17H23N3O3S2/c1-13-17(11-16(24-13)15-5-6-18-23-15)25(21,22)20-9-7-19(8-10-20)12-14-3-2-4-14/h5-6,11,14H,2-4,7-10,12H2,1H3. The Kier molecular flexibility index (Phi) is 4.70. The van der Waals surface area contributed by atoms with Crippen LogP contribution in [0.1, 0.15) is 24.1 Å². The van der Waals surface area contributed by atoms with Crippen LogP contribution in [0, 0.1) is 12.8 Å². The minimum absolute atomic E-state index is 0.399. The van der Waals surface area contributed by atoms with E-state index < -0.39 is 10.0 Å². The molecule has 136 valence electrons. The van der Waals surface area contributed by atoms with Gasteiger partial charge in [-0.05, 0) is 31.7 Å². The summed E-state index contributed by atoms with van der Waals surface area (Å²) in [6.07, 6.45) is 5.58. The Morgan fingerprint density at radius 1 is 1.28 bits per heavy atom. The van der Waals surface area contributed by atoms with E-state index in [0.29, 0.717) is 23.7 Å². The molecule has 0 aromatic carbocycles. The predicted molar refractivity (Wildman–Crippen MR) is 97.1 cm³/mol. The smallest absolute Gasteiger partial charge is 0.244 e. The number of hydrogen-bond donors (Lipinski definition) is 0. The second-order valence-corrected chi connectivity index (χ2v) is 10.1. The van der Waals surface area contributed by atoms with E-state index in [1.807, 2.05) is 6.92 Å². The van der Waals surface area contributed by atoms with Crippen LogP contribution in [-0.2, 0) is 10.0 Å². The molecule has 0 radical (unpaired) electrons. The normalized spacial score (nSPS) is 20.7. The summed E-state index contributed by atoms with van der Waals surface area (Å²) in [5, 5.41) is 3.70. The number of sulfonamides is 1. The van der Waals surface area contributed by atoms with Crippen molar-refractivity contribution in [2.75, 3.05) is 32.7 Å². The Labute approximate surface area is 152 Å². The van der Waals surface area contributed by atoms with Gasteiger partial charge in [0.25, 0.3) is 0 Å². The molecule has 0 amide bonds. The second kappa shape index (κ2) is 6.83. The molecular weight excluding hydrogens is 358 g/mol. The molecule has 0 spiro atoms. The van der Waals surface area contributed by atoms with Crippen molar-refractivity contribution in [3.63, 3.8) is 0 Å². The Morgan fingerprint density at radius 2 is 2.04 bits per heavy atom. The quantitative estimate of drug-likeness (QED) is 0.797. The van der Waals surface area contributed by atoms with Crippen molar-refractivity contribution in [1.82, 2.24) is 14.4 Å². The van der Waals surface area contributed by atoms with Crippen molar-refractivity contribution in [3.8, 4) is 10.6 Å². The van der Waals surface area contributed by atoms with Crippen molar-refractivity contribution in [2.45, 2.75) is 31.1 Å². The summed E-state index contributed by atoms with van der Waals surface area (Å²) in [5.41, 5.74) is 0. The van der Waals surface area contributed by atoms with Crippen LogP contribution in [0.2, 0.25) is 0 Å². The third-order valence-corrected chi connectivity index (χ3v) is 8.46. The van der Waals surface area contributed by atoms with Crippen LogP contribution >= 0.6 is 11.3 Å². The lowest BCUT2D eigenvalue weighted by Crippen LogP contribution is -2.50. The van der Waals surface area contributed by atoms with Gasteiger partial charge < -0.3 is 9.42 Å². The molecule has 1 aliphatic heterocycles. The zero-order valence-electron chi connectivity index (χ0n) is 14.3. The SMILES string of the molecule is Cc1sc(-c2ccno2)cc1S(=O)(=O)N1CCN(CC2CCC2)CC1. The van der Waals surface area contributed by atoms with E-state index in [0.717, 1.165) is 35.3 Å². The predicted octanol–water partition coefficient (Wildman–Crippen LogP) is 2.82. The van der Waals surface area contributed by atoms with Gasteiger partial charge in [0, 0.05) is 43.7 Å². The molecule has 6 nitrogen and oxygen atoms in total. The third kappa shape index (κ3) is 3.40. The van der Waals surface area contributed by atoms with Gasteiger partial charge in [-0.25, -0.2) is 8.42 Å². The molecule has 2 fully saturated rings. The maximum atomic E-state index is 13.1. The monoisotopic (exact) mass is 381 g/mol. The minimum Gasteiger partial charge on any atom is -0.355 e. The molecule has 8 heteroatoms. The highest BCUT2D eigenvalue weighted by molar-refractivity contribution is 7.89. The fourth-order valence-electron chi connectivity index (χ4n) is 3.52. The van der Waals surface area contributed by atoms with Crippen LogP contribution < -0.4 is 0 Å². The minimum atomic E-state index is -3.45. The zero-order chi connectivity index (χ0) is 17.4. The van der Waals surface area contributed by atoms with E-state index in [-0.39, 0.29) is 0 Å².